The zero-order valence-electron chi connectivity index (χ0n) is 15.6. The van der Waals surface area contributed by atoms with E-state index >= 15 is 0 Å². The van der Waals surface area contributed by atoms with Crippen LogP contribution in [0.15, 0.2) is 36.5 Å². The van der Waals surface area contributed by atoms with E-state index in [2.05, 4.69) is 35.0 Å². The van der Waals surface area contributed by atoms with Crippen molar-refractivity contribution in [2.24, 2.45) is 0 Å². The fraction of sp³-hybridized carbons (Fsp3) is 0.381. The summed E-state index contributed by atoms with van der Waals surface area (Å²) in [6.45, 7) is 2.11. The third-order valence-electron chi connectivity index (χ3n) is 5.12. The Hall–Kier alpha value is -2.69. The summed E-state index contributed by atoms with van der Waals surface area (Å²) in [6, 6.07) is 10.6. The van der Waals surface area contributed by atoms with Gasteiger partial charge in [0.05, 0.1) is 14.2 Å². The Morgan fingerprint density at radius 3 is 2.54 bits per heavy atom. The predicted octanol–water partition coefficient (Wildman–Crippen LogP) is 4.68. The smallest absolute Gasteiger partial charge is 0.161 e. The lowest BCUT2D eigenvalue weighted by molar-refractivity contribution is 0.355. The minimum atomic E-state index is 0.509. The normalized spacial score (nSPS) is 14.7. The summed E-state index contributed by atoms with van der Waals surface area (Å²) in [5.74, 6) is 2.49. The van der Waals surface area contributed by atoms with Gasteiger partial charge in [-0.15, -0.1) is 0 Å². The number of nitrogens with zero attached hydrogens (tertiary/aromatic N) is 2. The molecule has 0 bridgehead atoms. The SMILES string of the molecule is COc1ccc(-c2nc3ccc(C)cn3c2NC2CCCC2)cc1OC. The number of rotatable bonds is 5. The molecule has 2 heterocycles. The molecule has 0 saturated heterocycles. The maximum Gasteiger partial charge on any atom is 0.161 e. The molecule has 0 atom stereocenters. The van der Waals surface area contributed by atoms with E-state index in [0.29, 0.717) is 11.8 Å². The van der Waals surface area contributed by atoms with E-state index in [-0.39, 0.29) is 0 Å². The summed E-state index contributed by atoms with van der Waals surface area (Å²) in [5, 5.41) is 3.75. The summed E-state index contributed by atoms with van der Waals surface area (Å²) >= 11 is 0. The second kappa shape index (κ2) is 6.90. The minimum absolute atomic E-state index is 0.509. The van der Waals surface area contributed by atoms with E-state index in [1.807, 2.05) is 18.2 Å². The molecule has 0 aliphatic heterocycles. The summed E-state index contributed by atoms with van der Waals surface area (Å²) in [5.41, 5.74) is 4.12. The molecule has 1 aromatic carbocycles. The highest BCUT2D eigenvalue weighted by atomic mass is 16.5. The van der Waals surface area contributed by atoms with E-state index in [0.717, 1.165) is 28.5 Å². The van der Waals surface area contributed by atoms with Crippen molar-refractivity contribution in [3.8, 4) is 22.8 Å². The molecular formula is C21H25N3O2. The zero-order valence-corrected chi connectivity index (χ0v) is 15.6. The largest absolute Gasteiger partial charge is 0.493 e. The number of hydrogen-bond acceptors (Lipinski definition) is 4. The van der Waals surface area contributed by atoms with Gasteiger partial charge < -0.3 is 14.8 Å². The Morgan fingerprint density at radius 1 is 1.04 bits per heavy atom. The van der Waals surface area contributed by atoms with Gasteiger partial charge in [-0.25, -0.2) is 4.98 Å². The number of aryl methyl sites for hydroxylation is 1. The molecule has 1 saturated carbocycles. The first-order valence-corrected chi connectivity index (χ1v) is 9.17. The van der Waals surface area contributed by atoms with Crippen LogP contribution in [0.3, 0.4) is 0 Å². The second-order valence-corrected chi connectivity index (χ2v) is 6.94. The third kappa shape index (κ3) is 2.98. The van der Waals surface area contributed by atoms with Crippen molar-refractivity contribution < 1.29 is 9.47 Å². The molecule has 2 aromatic heterocycles. The molecule has 0 radical (unpaired) electrons. The molecule has 0 amide bonds. The van der Waals surface area contributed by atoms with Crippen molar-refractivity contribution in [2.45, 2.75) is 38.6 Å². The van der Waals surface area contributed by atoms with Crippen LogP contribution in [0.4, 0.5) is 5.82 Å². The Morgan fingerprint density at radius 2 is 1.81 bits per heavy atom. The number of ether oxygens (including phenoxy) is 2. The van der Waals surface area contributed by atoms with Crippen molar-refractivity contribution in [3.63, 3.8) is 0 Å². The van der Waals surface area contributed by atoms with Gasteiger partial charge in [0.15, 0.2) is 11.5 Å². The van der Waals surface area contributed by atoms with Crippen LogP contribution < -0.4 is 14.8 Å². The number of aromatic nitrogens is 2. The van der Waals surface area contributed by atoms with Gasteiger partial charge in [0.2, 0.25) is 0 Å². The highest BCUT2D eigenvalue weighted by Crippen LogP contribution is 2.36. The van der Waals surface area contributed by atoms with E-state index in [1.54, 1.807) is 14.2 Å². The molecule has 5 heteroatoms. The molecule has 26 heavy (non-hydrogen) atoms. The molecule has 1 fully saturated rings. The monoisotopic (exact) mass is 351 g/mol. The number of imidazole rings is 1. The van der Waals surface area contributed by atoms with Crippen LogP contribution in [0.1, 0.15) is 31.2 Å². The van der Waals surface area contributed by atoms with Crippen molar-refractivity contribution >= 4 is 11.5 Å². The lowest BCUT2D eigenvalue weighted by Gasteiger charge is -2.15. The van der Waals surface area contributed by atoms with Crippen molar-refractivity contribution in [3.05, 3.63) is 42.1 Å². The summed E-state index contributed by atoms with van der Waals surface area (Å²) in [4.78, 5) is 4.90. The van der Waals surface area contributed by atoms with Gasteiger partial charge in [0.1, 0.15) is 17.2 Å². The van der Waals surface area contributed by atoms with E-state index in [1.165, 1.54) is 31.2 Å². The fourth-order valence-corrected chi connectivity index (χ4v) is 3.74. The first kappa shape index (κ1) is 16.8. The van der Waals surface area contributed by atoms with Crippen LogP contribution in [0.2, 0.25) is 0 Å². The van der Waals surface area contributed by atoms with Crippen LogP contribution in [0.25, 0.3) is 16.9 Å². The summed E-state index contributed by atoms with van der Waals surface area (Å²) < 4.78 is 13.0. The van der Waals surface area contributed by atoms with Gasteiger partial charge in [-0.05, 0) is 49.6 Å². The molecule has 0 unspecified atom stereocenters. The summed E-state index contributed by atoms with van der Waals surface area (Å²) in [6.07, 6.45) is 7.15. The molecule has 3 aromatic rings. The van der Waals surface area contributed by atoms with Crippen LogP contribution in [0.5, 0.6) is 11.5 Å². The van der Waals surface area contributed by atoms with Crippen molar-refractivity contribution in [1.82, 2.24) is 9.38 Å². The number of nitrogens with one attached hydrogen (secondary N) is 1. The van der Waals surface area contributed by atoms with Gasteiger partial charge in [0.25, 0.3) is 0 Å². The van der Waals surface area contributed by atoms with Gasteiger partial charge in [-0.3, -0.25) is 4.40 Å². The zero-order chi connectivity index (χ0) is 18.1. The van der Waals surface area contributed by atoms with Crippen LogP contribution in [0, 0.1) is 6.92 Å². The first-order valence-electron chi connectivity index (χ1n) is 9.17. The van der Waals surface area contributed by atoms with E-state index < -0.39 is 0 Å². The molecular weight excluding hydrogens is 326 g/mol. The van der Waals surface area contributed by atoms with E-state index in [4.69, 9.17) is 14.5 Å². The Bertz CT molecular complexity index is 926. The number of hydrogen-bond donors (Lipinski definition) is 1. The molecule has 4 rings (SSSR count). The van der Waals surface area contributed by atoms with Crippen LogP contribution in [-0.2, 0) is 0 Å². The van der Waals surface area contributed by atoms with E-state index in [9.17, 15) is 0 Å². The van der Waals surface area contributed by atoms with Crippen molar-refractivity contribution in [2.75, 3.05) is 19.5 Å². The molecule has 5 nitrogen and oxygen atoms in total. The number of benzene rings is 1. The number of pyridine rings is 1. The molecule has 1 N–H and O–H groups in total. The van der Waals surface area contributed by atoms with Gasteiger partial charge in [-0.2, -0.15) is 0 Å². The summed E-state index contributed by atoms with van der Waals surface area (Å²) in [7, 11) is 3.31. The molecule has 0 spiro atoms. The fourth-order valence-electron chi connectivity index (χ4n) is 3.74. The number of methoxy groups -OCH3 is 2. The first-order chi connectivity index (χ1) is 12.7. The Balaban J connectivity index is 1.85. The van der Waals surface area contributed by atoms with Gasteiger partial charge >= 0.3 is 0 Å². The number of anilines is 1. The van der Waals surface area contributed by atoms with Crippen LogP contribution in [-0.4, -0.2) is 29.6 Å². The third-order valence-corrected chi connectivity index (χ3v) is 5.12. The topological polar surface area (TPSA) is 47.8 Å². The van der Waals surface area contributed by atoms with Crippen LogP contribution >= 0.6 is 0 Å². The Labute approximate surface area is 154 Å². The Kier molecular flexibility index (Phi) is 4.45. The quantitative estimate of drug-likeness (QED) is 0.725. The lowest BCUT2D eigenvalue weighted by Crippen LogP contribution is -2.16. The predicted molar refractivity (Wildman–Crippen MR) is 104 cm³/mol. The second-order valence-electron chi connectivity index (χ2n) is 6.94. The maximum atomic E-state index is 5.48. The molecule has 1 aliphatic rings. The molecule has 136 valence electrons. The lowest BCUT2D eigenvalue weighted by atomic mass is 10.1. The highest BCUT2D eigenvalue weighted by Gasteiger charge is 2.21. The maximum absolute atomic E-state index is 5.48. The molecule has 1 aliphatic carbocycles. The minimum Gasteiger partial charge on any atom is -0.493 e. The average molecular weight is 351 g/mol. The van der Waals surface area contributed by atoms with Gasteiger partial charge in [0, 0.05) is 17.8 Å². The number of fused-ring (bicyclic) bond motifs is 1. The standard InChI is InChI=1S/C21H25N3O2/c1-14-8-11-19-23-20(15-9-10-17(25-2)18(12-15)26-3)21(24(19)13-14)22-16-6-4-5-7-16/h8-13,16,22H,4-7H2,1-3H3. The highest BCUT2D eigenvalue weighted by molar-refractivity contribution is 5.78. The van der Waals surface area contributed by atoms with Gasteiger partial charge in [-0.1, -0.05) is 18.9 Å². The van der Waals surface area contributed by atoms with Crippen molar-refractivity contribution in [1.29, 1.82) is 0 Å². The average Bonchev–Trinajstić information content (AvgIpc) is 3.30.